The van der Waals surface area contributed by atoms with Crippen LogP contribution in [0.15, 0.2) is 54.6 Å². The summed E-state index contributed by atoms with van der Waals surface area (Å²) in [5, 5.41) is 6.03. The van der Waals surface area contributed by atoms with Gasteiger partial charge in [0.25, 0.3) is 0 Å². The molecule has 1 aliphatic rings. The highest BCUT2D eigenvalue weighted by molar-refractivity contribution is 5.81. The zero-order chi connectivity index (χ0) is 16.6. The second-order valence-electron chi connectivity index (χ2n) is 5.70. The average molecular weight is 326 g/mol. The number of hydrogen-bond donors (Lipinski definition) is 2. The van der Waals surface area contributed by atoms with Gasteiger partial charge in [-0.05, 0) is 37.1 Å². The Bertz CT molecular complexity index is 655. The molecule has 1 atom stereocenters. The molecule has 3 rings (SSSR count). The monoisotopic (exact) mass is 326 g/mol. The van der Waals surface area contributed by atoms with E-state index in [4.69, 9.17) is 9.47 Å². The van der Waals surface area contributed by atoms with Crippen LogP contribution in [0.5, 0.6) is 11.5 Å². The second-order valence-corrected chi connectivity index (χ2v) is 5.70. The summed E-state index contributed by atoms with van der Waals surface area (Å²) in [6.45, 7) is 1.56. The number of ether oxygens (including phenoxy) is 2. The molecule has 24 heavy (non-hydrogen) atoms. The summed E-state index contributed by atoms with van der Waals surface area (Å²) in [5.41, 5.74) is 0.786. The third-order valence-corrected chi connectivity index (χ3v) is 3.85. The van der Waals surface area contributed by atoms with Crippen molar-refractivity contribution in [2.75, 3.05) is 25.0 Å². The fraction of sp³-hybridized carbons (Fsp3) is 0.316. The lowest BCUT2D eigenvalue weighted by molar-refractivity contribution is -0.119. The van der Waals surface area contributed by atoms with Crippen LogP contribution in [-0.4, -0.2) is 31.7 Å². The molecule has 5 heteroatoms. The fourth-order valence-electron chi connectivity index (χ4n) is 2.59. The first kappa shape index (κ1) is 16.3. The van der Waals surface area contributed by atoms with Crippen molar-refractivity contribution in [3.8, 4) is 11.5 Å². The lowest BCUT2D eigenvalue weighted by atomic mass is 10.2. The normalized spacial score (nSPS) is 16.6. The molecule has 2 aromatic carbocycles. The van der Waals surface area contributed by atoms with Crippen molar-refractivity contribution < 1.29 is 14.3 Å². The SMILES string of the molecule is O=C(CNc1ccccc1Oc1ccccc1)NCC1CCCO1. The van der Waals surface area contributed by atoms with E-state index in [1.165, 1.54) is 0 Å². The zero-order valence-electron chi connectivity index (χ0n) is 13.5. The Morgan fingerprint density at radius 1 is 1.12 bits per heavy atom. The molecule has 0 aliphatic carbocycles. The zero-order valence-corrected chi connectivity index (χ0v) is 13.5. The molecule has 0 bridgehead atoms. The topological polar surface area (TPSA) is 59.6 Å². The molecule has 2 N–H and O–H groups in total. The number of hydrogen-bond acceptors (Lipinski definition) is 4. The van der Waals surface area contributed by atoms with Gasteiger partial charge in [0.2, 0.25) is 5.91 Å². The molecule has 0 radical (unpaired) electrons. The van der Waals surface area contributed by atoms with Gasteiger partial charge in [-0.3, -0.25) is 4.79 Å². The van der Waals surface area contributed by atoms with Gasteiger partial charge in [-0.15, -0.1) is 0 Å². The Hall–Kier alpha value is -2.53. The molecule has 1 fully saturated rings. The van der Waals surface area contributed by atoms with Crippen molar-refractivity contribution in [3.63, 3.8) is 0 Å². The van der Waals surface area contributed by atoms with E-state index in [1.807, 2.05) is 54.6 Å². The fourth-order valence-corrected chi connectivity index (χ4v) is 2.59. The van der Waals surface area contributed by atoms with Gasteiger partial charge >= 0.3 is 0 Å². The van der Waals surface area contributed by atoms with Crippen LogP contribution in [0.3, 0.4) is 0 Å². The van der Waals surface area contributed by atoms with Gasteiger partial charge < -0.3 is 20.1 Å². The molecule has 5 nitrogen and oxygen atoms in total. The van der Waals surface area contributed by atoms with Crippen LogP contribution in [0.25, 0.3) is 0 Å². The molecule has 2 aromatic rings. The third kappa shape index (κ3) is 4.73. The molecular formula is C19H22N2O3. The Balaban J connectivity index is 1.52. The molecule has 1 unspecified atom stereocenters. The van der Waals surface area contributed by atoms with Crippen LogP contribution < -0.4 is 15.4 Å². The summed E-state index contributed by atoms with van der Waals surface area (Å²) >= 11 is 0. The van der Waals surface area contributed by atoms with Gasteiger partial charge in [-0.1, -0.05) is 30.3 Å². The summed E-state index contributed by atoms with van der Waals surface area (Å²) in [4.78, 5) is 12.0. The lowest BCUT2D eigenvalue weighted by Gasteiger charge is -2.14. The molecular weight excluding hydrogens is 304 g/mol. The Morgan fingerprint density at radius 3 is 2.71 bits per heavy atom. The Kier molecular flexibility index (Phi) is 5.69. The van der Waals surface area contributed by atoms with E-state index in [0.717, 1.165) is 30.9 Å². The number of carbonyl (C=O) groups excluding carboxylic acids is 1. The van der Waals surface area contributed by atoms with Crippen molar-refractivity contribution in [2.45, 2.75) is 18.9 Å². The van der Waals surface area contributed by atoms with Crippen LogP contribution in [0.4, 0.5) is 5.69 Å². The van der Waals surface area contributed by atoms with Gasteiger partial charge in [0.1, 0.15) is 5.75 Å². The highest BCUT2D eigenvalue weighted by Gasteiger charge is 2.16. The van der Waals surface area contributed by atoms with Crippen LogP contribution in [0.2, 0.25) is 0 Å². The summed E-state index contributed by atoms with van der Waals surface area (Å²) in [5.74, 6) is 1.39. The van der Waals surface area contributed by atoms with Crippen LogP contribution >= 0.6 is 0 Å². The molecule has 1 aliphatic heterocycles. The summed E-state index contributed by atoms with van der Waals surface area (Å²) in [6.07, 6.45) is 2.24. The molecule has 0 aromatic heterocycles. The number of nitrogens with one attached hydrogen (secondary N) is 2. The van der Waals surface area contributed by atoms with E-state index in [2.05, 4.69) is 10.6 Å². The standard InChI is InChI=1S/C19H22N2O3/c22-19(21-13-16-9-6-12-23-16)14-20-17-10-4-5-11-18(17)24-15-7-2-1-3-8-15/h1-5,7-8,10-11,16,20H,6,9,12-14H2,(H,21,22). The maximum absolute atomic E-state index is 12.0. The highest BCUT2D eigenvalue weighted by Crippen LogP contribution is 2.28. The first-order valence-corrected chi connectivity index (χ1v) is 8.25. The predicted octanol–water partition coefficient (Wildman–Crippen LogP) is 3.19. The van der Waals surface area contributed by atoms with Crippen molar-refractivity contribution in [1.29, 1.82) is 0 Å². The maximum atomic E-state index is 12.0. The summed E-state index contributed by atoms with van der Waals surface area (Å²) in [7, 11) is 0. The van der Waals surface area contributed by atoms with E-state index >= 15 is 0 Å². The number of amides is 1. The quantitative estimate of drug-likeness (QED) is 0.820. The van der Waals surface area contributed by atoms with Gasteiger partial charge in [0.15, 0.2) is 5.75 Å². The van der Waals surface area contributed by atoms with E-state index in [1.54, 1.807) is 0 Å². The minimum Gasteiger partial charge on any atom is -0.455 e. The Morgan fingerprint density at radius 2 is 1.92 bits per heavy atom. The maximum Gasteiger partial charge on any atom is 0.239 e. The van der Waals surface area contributed by atoms with E-state index in [0.29, 0.717) is 12.3 Å². The van der Waals surface area contributed by atoms with Crippen molar-refractivity contribution in [3.05, 3.63) is 54.6 Å². The van der Waals surface area contributed by atoms with Gasteiger partial charge in [-0.25, -0.2) is 0 Å². The third-order valence-electron chi connectivity index (χ3n) is 3.85. The van der Waals surface area contributed by atoms with Crippen molar-refractivity contribution >= 4 is 11.6 Å². The predicted molar refractivity (Wildman–Crippen MR) is 93.4 cm³/mol. The van der Waals surface area contributed by atoms with Crippen LogP contribution in [0, 0.1) is 0 Å². The average Bonchev–Trinajstić information content (AvgIpc) is 3.14. The van der Waals surface area contributed by atoms with E-state index in [9.17, 15) is 4.79 Å². The van der Waals surface area contributed by atoms with E-state index < -0.39 is 0 Å². The lowest BCUT2D eigenvalue weighted by Crippen LogP contribution is -2.35. The molecule has 0 spiro atoms. The smallest absolute Gasteiger partial charge is 0.239 e. The van der Waals surface area contributed by atoms with Crippen LogP contribution in [-0.2, 0) is 9.53 Å². The summed E-state index contributed by atoms with van der Waals surface area (Å²) in [6, 6.07) is 17.1. The molecule has 1 heterocycles. The molecule has 1 amide bonds. The second kappa shape index (κ2) is 8.36. The van der Waals surface area contributed by atoms with E-state index in [-0.39, 0.29) is 18.6 Å². The van der Waals surface area contributed by atoms with Gasteiger partial charge in [0.05, 0.1) is 18.3 Å². The largest absolute Gasteiger partial charge is 0.455 e. The number of carbonyl (C=O) groups is 1. The number of rotatable bonds is 7. The van der Waals surface area contributed by atoms with Crippen LogP contribution in [0.1, 0.15) is 12.8 Å². The van der Waals surface area contributed by atoms with Crippen molar-refractivity contribution in [2.24, 2.45) is 0 Å². The number of anilines is 1. The first-order chi connectivity index (χ1) is 11.8. The molecule has 1 saturated heterocycles. The number of benzene rings is 2. The molecule has 0 saturated carbocycles. The Labute approximate surface area is 142 Å². The number of para-hydroxylation sites is 3. The van der Waals surface area contributed by atoms with Gasteiger partial charge in [0, 0.05) is 13.2 Å². The first-order valence-electron chi connectivity index (χ1n) is 8.25. The van der Waals surface area contributed by atoms with Gasteiger partial charge in [-0.2, -0.15) is 0 Å². The van der Waals surface area contributed by atoms with Crippen molar-refractivity contribution in [1.82, 2.24) is 5.32 Å². The minimum atomic E-state index is -0.0555. The minimum absolute atomic E-state index is 0.0555. The molecule has 126 valence electrons. The highest BCUT2D eigenvalue weighted by atomic mass is 16.5. The summed E-state index contributed by atoms with van der Waals surface area (Å²) < 4.78 is 11.4.